The molecule has 16 heavy (non-hydrogen) atoms. The Hall–Kier alpha value is -2.25. The van der Waals surface area contributed by atoms with Gasteiger partial charge in [-0.3, -0.25) is 9.59 Å². The standard InChI is InChI=1S/C8H8O8/c1-2-3(4(9)5(10)11)7(14)16-8(15)6(12)13/h3H,2H2,1H3,(H,10,11)(H,12,13). The lowest BCUT2D eigenvalue weighted by molar-refractivity contribution is -0.174. The number of ether oxygens (including phenoxy) is 1. The minimum atomic E-state index is -2.01. The molecule has 1 atom stereocenters. The second-order valence-corrected chi connectivity index (χ2v) is 2.64. The molecule has 0 bridgehead atoms. The fourth-order valence-corrected chi connectivity index (χ4v) is 0.814. The van der Waals surface area contributed by atoms with Crippen LogP contribution in [0.1, 0.15) is 13.3 Å². The van der Waals surface area contributed by atoms with Crippen LogP contribution in [0.3, 0.4) is 0 Å². The first kappa shape index (κ1) is 13.8. The summed E-state index contributed by atoms with van der Waals surface area (Å²) < 4.78 is 3.77. The highest BCUT2D eigenvalue weighted by molar-refractivity contribution is 6.38. The summed E-state index contributed by atoms with van der Waals surface area (Å²) in [6.07, 6.45) is -0.211. The number of rotatable bonds is 4. The number of carbonyl (C=O) groups excluding carboxylic acids is 3. The highest BCUT2D eigenvalue weighted by Crippen LogP contribution is 2.07. The molecule has 0 aliphatic carbocycles. The van der Waals surface area contributed by atoms with Crippen LogP contribution in [0.25, 0.3) is 0 Å². The van der Waals surface area contributed by atoms with Gasteiger partial charge in [0.2, 0.25) is 0 Å². The number of carbonyl (C=O) groups is 5. The molecule has 0 rings (SSSR count). The van der Waals surface area contributed by atoms with Crippen molar-refractivity contribution in [3.63, 3.8) is 0 Å². The van der Waals surface area contributed by atoms with E-state index in [2.05, 4.69) is 4.74 Å². The van der Waals surface area contributed by atoms with E-state index in [0.717, 1.165) is 0 Å². The van der Waals surface area contributed by atoms with Gasteiger partial charge < -0.3 is 14.9 Å². The molecule has 0 aliphatic heterocycles. The molecule has 0 aliphatic rings. The predicted molar refractivity (Wildman–Crippen MR) is 45.2 cm³/mol. The van der Waals surface area contributed by atoms with E-state index in [0.29, 0.717) is 0 Å². The summed E-state index contributed by atoms with van der Waals surface area (Å²) in [5, 5.41) is 16.4. The van der Waals surface area contributed by atoms with E-state index in [4.69, 9.17) is 10.2 Å². The number of esters is 2. The van der Waals surface area contributed by atoms with Crippen LogP contribution in [0, 0.1) is 5.92 Å². The summed E-state index contributed by atoms with van der Waals surface area (Å²) in [7, 11) is 0. The van der Waals surface area contributed by atoms with E-state index in [1.54, 1.807) is 0 Å². The van der Waals surface area contributed by atoms with Gasteiger partial charge in [0.15, 0.2) is 0 Å². The van der Waals surface area contributed by atoms with Gasteiger partial charge in [0.05, 0.1) is 0 Å². The molecule has 0 radical (unpaired) electrons. The molecule has 1 unspecified atom stereocenters. The normalized spacial score (nSPS) is 11.3. The van der Waals surface area contributed by atoms with Gasteiger partial charge in [0.1, 0.15) is 5.92 Å². The smallest absolute Gasteiger partial charge is 0.424 e. The second-order valence-electron chi connectivity index (χ2n) is 2.64. The first-order valence-electron chi connectivity index (χ1n) is 4.07. The minimum absolute atomic E-state index is 0.211. The quantitative estimate of drug-likeness (QED) is 0.351. The van der Waals surface area contributed by atoms with Gasteiger partial charge in [-0.15, -0.1) is 0 Å². The summed E-state index contributed by atoms with van der Waals surface area (Å²) in [5.74, 6) is -10.3. The topological polar surface area (TPSA) is 135 Å². The number of hydrogen-bond acceptors (Lipinski definition) is 6. The van der Waals surface area contributed by atoms with Gasteiger partial charge in [-0.2, -0.15) is 0 Å². The SMILES string of the molecule is CCC(C(=O)OC(=O)C(=O)O)C(=O)C(=O)O. The van der Waals surface area contributed by atoms with E-state index in [1.807, 2.05) is 0 Å². The zero-order chi connectivity index (χ0) is 12.9. The fourth-order valence-electron chi connectivity index (χ4n) is 0.814. The first-order valence-corrected chi connectivity index (χ1v) is 4.07. The third kappa shape index (κ3) is 3.48. The maximum Gasteiger partial charge on any atom is 0.424 e. The Morgan fingerprint density at radius 1 is 1.06 bits per heavy atom. The molecule has 0 aromatic carbocycles. The maximum atomic E-state index is 11.0. The molecule has 0 spiro atoms. The van der Waals surface area contributed by atoms with E-state index in [9.17, 15) is 24.0 Å². The highest BCUT2D eigenvalue weighted by Gasteiger charge is 2.33. The molecule has 0 aromatic heterocycles. The molecule has 0 fully saturated rings. The largest absolute Gasteiger partial charge is 0.475 e. The predicted octanol–water partition coefficient (Wildman–Crippen LogP) is -1.18. The van der Waals surface area contributed by atoms with Crippen molar-refractivity contribution in [3.8, 4) is 0 Å². The molecule has 0 saturated heterocycles. The maximum absolute atomic E-state index is 11.0. The van der Waals surface area contributed by atoms with Gasteiger partial charge in [-0.05, 0) is 6.42 Å². The Balaban J connectivity index is 4.68. The van der Waals surface area contributed by atoms with Crippen LogP contribution in [0.15, 0.2) is 0 Å². The molecule has 0 amide bonds. The Morgan fingerprint density at radius 2 is 1.56 bits per heavy atom. The van der Waals surface area contributed by atoms with E-state index in [-0.39, 0.29) is 6.42 Å². The third-order valence-corrected chi connectivity index (χ3v) is 1.59. The monoisotopic (exact) mass is 232 g/mol. The Kier molecular flexibility index (Phi) is 4.80. The molecular weight excluding hydrogens is 224 g/mol. The van der Waals surface area contributed by atoms with E-state index in [1.165, 1.54) is 6.92 Å². The molecule has 2 N–H and O–H groups in total. The average molecular weight is 232 g/mol. The first-order chi connectivity index (χ1) is 7.31. The van der Waals surface area contributed by atoms with Crippen molar-refractivity contribution in [2.45, 2.75) is 13.3 Å². The van der Waals surface area contributed by atoms with E-state index >= 15 is 0 Å². The Morgan fingerprint density at radius 3 is 1.88 bits per heavy atom. The summed E-state index contributed by atoms with van der Waals surface area (Å²) in [5.41, 5.74) is 0. The van der Waals surface area contributed by atoms with Gasteiger partial charge in [0.25, 0.3) is 5.78 Å². The fraction of sp³-hybridized carbons (Fsp3) is 0.375. The minimum Gasteiger partial charge on any atom is -0.475 e. The van der Waals surface area contributed by atoms with Gasteiger partial charge in [0, 0.05) is 0 Å². The van der Waals surface area contributed by atoms with Crippen LogP contribution in [-0.4, -0.2) is 39.9 Å². The molecule has 0 aromatic rings. The zero-order valence-corrected chi connectivity index (χ0v) is 8.13. The number of carboxylic acid groups (broad SMARTS) is 2. The van der Waals surface area contributed by atoms with E-state index < -0.39 is 35.6 Å². The number of Topliss-reactive ketones (excluding diaryl/α,β-unsaturated/α-hetero) is 1. The molecule has 0 saturated carbocycles. The number of carboxylic acids is 2. The lowest BCUT2D eigenvalue weighted by Crippen LogP contribution is -2.33. The van der Waals surface area contributed by atoms with Crippen molar-refractivity contribution in [1.29, 1.82) is 0 Å². The molecular formula is C8H8O8. The van der Waals surface area contributed by atoms with Crippen LogP contribution < -0.4 is 0 Å². The lowest BCUT2D eigenvalue weighted by Gasteiger charge is -2.07. The number of hydrogen-bond donors (Lipinski definition) is 2. The van der Waals surface area contributed by atoms with Crippen LogP contribution >= 0.6 is 0 Å². The van der Waals surface area contributed by atoms with Crippen molar-refractivity contribution in [1.82, 2.24) is 0 Å². The molecule has 88 valence electrons. The Bertz CT molecular complexity index is 355. The second kappa shape index (κ2) is 5.59. The summed E-state index contributed by atoms with van der Waals surface area (Å²) in [6, 6.07) is 0. The molecule has 8 heteroatoms. The summed E-state index contributed by atoms with van der Waals surface area (Å²) >= 11 is 0. The number of aliphatic carboxylic acids is 2. The summed E-state index contributed by atoms with van der Waals surface area (Å²) in [4.78, 5) is 52.7. The van der Waals surface area contributed by atoms with Crippen molar-refractivity contribution >= 4 is 29.7 Å². The highest BCUT2D eigenvalue weighted by atomic mass is 16.6. The van der Waals surface area contributed by atoms with Crippen molar-refractivity contribution in [2.24, 2.45) is 5.92 Å². The number of ketones is 1. The van der Waals surface area contributed by atoms with Crippen LogP contribution in [0.4, 0.5) is 0 Å². The van der Waals surface area contributed by atoms with Crippen LogP contribution in [-0.2, 0) is 28.7 Å². The van der Waals surface area contributed by atoms with Crippen LogP contribution in [0.2, 0.25) is 0 Å². The average Bonchev–Trinajstić information content (AvgIpc) is 2.18. The lowest BCUT2D eigenvalue weighted by atomic mass is 10.0. The zero-order valence-electron chi connectivity index (χ0n) is 8.13. The van der Waals surface area contributed by atoms with Crippen LogP contribution in [0.5, 0.6) is 0 Å². The van der Waals surface area contributed by atoms with Gasteiger partial charge in [-0.1, -0.05) is 6.92 Å². The van der Waals surface area contributed by atoms with Gasteiger partial charge in [-0.25, -0.2) is 14.4 Å². The van der Waals surface area contributed by atoms with Crippen molar-refractivity contribution in [3.05, 3.63) is 0 Å². The van der Waals surface area contributed by atoms with Crippen molar-refractivity contribution in [2.75, 3.05) is 0 Å². The molecule has 8 nitrogen and oxygen atoms in total. The summed E-state index contributed by atoms with van der Waals surface area (Å²) in [6.45, 7) is 1.32. The van der Waals surface area contributed by atoms with Crippen molar-refractivity contribution < 1.29 is 38.9 Å². The Labute approximate surface area is 88.8 Å². The third-order valence-electron chi connectivity index (χ3n) is 1.59. The molecule has 0 heterocycles. The van der Waals surface area contributed by atoms with Gasteiger partial charge >= 0.3 is 23.9 Å².